The molecule has 3 unspecified atom stereocenters. The fourth-order valence-corrected chi connectivity index (χ4v) is 3.85. The van der Waals surface area contributed by atoms with Crippen LogP contribution in [0.4, 0.5) is 0 Å². The van der Waals surface area contributed by atoms with E-state index in [1.165, 1.54) is 0 Å². The molecule has 1 fully saturated rings. The predicted octanol–water partition coefficient (Wildman–Crippen LogP) is 4.65. The van der Waals surface area contributed by atoms with Gasteiger partial charge in [0.2, 0.25) is 0 Å². The Morgan fingerprint density at radius 1 is 1.27 bits per heavy atom. The normalized spacial score (nSPS) is 23.0. The maximum absolute atomic E-state index is 12.2. The van der Waals surface area contributed by atoms with E-state index >= 15 is 0 Å². The van der Waals surface area contributed by atoms with Gasteiger partial charge in [-0.1, -0.05) is 49.1 Å². The van der Waals surface area contributed by atoms with Gasteiger partial charge in [-0.2, -0.15) is 0 Å². The molecule has 0 spiro atoms. The molecule has 2 N–H and O–H groups in total. The highest BCUT2D eigenvalue weighted by atomic mass is 35.5. The number of ketones is 1. The van der Waals surface area contributed by atoms with Gasteiger partial charge < -0.3 is 10.2 Å². The third-order valence-corrected chi connectivity index (χ3v) is 5.35. The van der Waals surface area contributed by atoms with Crippen molar-refractivity contribution in [2.24, 2.45) is 11.8 Å². The molecular formula is C21H27ClO4. The number of carbonyl (C=O) groups excluding carboxylic acids is 1. The van der Waals surface area contributed by atoms with Crippen LogP contribution in [0.5, 0.6) is 0 Å². The van der Waals surface area contributed by atoms with Crippen molar-refractivity contribution in [1.29, 1.82) is 0 Å². The van der Waals surface area contributed by atoms with Gasteiger partial charge in [0.25, 0.3) is 0 Å². The molecule has 3 atom stereocenters. The Bertz CT molecular complexity index is 668. The van der Waals surface area contributed by atoms with Crippen LogP contribution in [-0.4, -0.2) is 28.1 Å². The molecule has 0 amide bonds. The van der Waals surface area contributed by atoms with Gasteiger partial charge in [0.05, 0.1) is 6.10 Å². The summed E-state index contributed by atoms with van der Waals surface area (Å²) in [5.41, 5.74) is 2.09. The number of hydrogen-bond acceptors (Lipinski definition) is 3. The lowest BCUT2D eigenvalue weighted by molar-refractivity contribution is -0.137. The van der Waals surface area contributed by atoms with Crippen LogP contribution in [0.25, 0.3) is 6.08 Å². The summed E-state index contributed by atoms with van der Waals surface area (Å²) in [6.07, 6.45) is 7.81. The summed E-state index contributed by atoms with van der Waals surface area (Å²) in [5.74, 6) is -0.933. The van der Waals surface area contributed by atoms with Gasteiger partial charge in [0.1, 0.15) is 5.78 Å². The van der Waals surface area contributed by atoms with E-state index < -0.39 is 12.1 Å². The summed E-state index contributed by atoms with van der Waals surface area (Å²) in [6, 6.07) is 5.67. The molecule has 1 saturated carbocycles. The maximum atomic E-state index is 12.2. The molecule has 0 aromatic heterocycles. The van der Waals surface area contributed by atoms with E-state index in [0.717, 1.165) is 36.8 Å². The smallest absolute Gasteiger partial charge is 0.303 e. The average Bonchev–Trinajstić information content (AvgIpc) is 2.83. The van der Waals surface area contributed by atoms with Crippen molar-refractivity contribution < 1.29 is 19.8 Å². The molecule has 2 rings (SSSR count). The SMILES string of the molecule is Cc1cc(Cl)ccc1C=CC1C(O)CC(=O)C1CCCCCCC(=O)O. The van der Waals surface area contributed by atoms with Crippen LogP contribution in [0.1, 0.15) is 56.1 Å². The molecule has 4 nitrogen and oxygen atoms in total. The number of halogens is 1. The van der Waals surface area contributed by atoms with Gasteiger partial charge in [-0.3, -0.25) is 9.59 Å². The van der Waals surface area contributed by atoms with Gasteiger partial charge in [-0.05, 0) is 43.0 Å². The van der Waals surface area contributed by atoms with Crippen molar-refractivity contribution in [2.75, 3.05) is 0 Å². The number of aryl methyl sites for hydroxylation is 1. The van der Waals surface area contributed by atoms with Crippen LogP contribution in [0, 0.1) is 18.8 Å². The zero-order valence-corrected chi connectivity index (χ0v) is 15.9. The predicted molar refractivity (Wildman–Crippen MR) is 103 cm³/mol. The van der Waals surface area contributed by atoms with E-state index in [2.05, 4.69) is 0 Å². The van der Waals surface area contributed by atoms with Crippen molar-refractivity contribution in [1.82, 2.24) is 0 Å². The van der Waals surface area contributed by atoms with Crippen molar-refractivity contribution in [3.05, 3.63) is 40.4 Å². The first kappa shape index (κ1) is 20.7. The van der Waals surface area contributed by atoms with Gasteiger partial charge in [0.15, 0.2) is 0 Å². The number of carboxylic acids is 1. The summed E-state index contributed by atoms with van der Waals surface area (Å²) in [5, 5.41) is 19.6. The first-order valence-corrected chi connectivity index (χ1v) is 9.63. The second kappa shape index (κ2) is 9.89. The number of aliphatic carboxylic acids is 1. The van der Waals surface area contributed by atoms with Crippen molar-refractivity contribution in [2.45, 2.75) is 58.0 Å². The van der Waals surface area contributed by atoms with E-state index in [9.17, 15) is 14.7 Å². The van der Waals surface area contributed by atoms with Crippen LogP contribution < -0.4 is 0 Å². The number of rotatable bonds is 9. The topological polar surface area (TPSA) is 74.6 Å². The quantitative estimate of drug-likeness (QED) is 0.613. The second-order valence-corrected chi connectivity index (χ2v) is 7.56. The minimum absolute atomic E-state index is 0.130. The van der Waals surface area contributed by atoms with Crippen LogP contribution in [0.2, 0.25) is 5.02 Å². The zero-order chi connectivity index (χ0) is 19.1. The number of aliphatic hydroxyl groups excluding tert-OH is 1. The maximum Gasteiger partial charge on any atom is 0.303 e. The Kier molecular flexibility index (Phi) is 7.85. The molecule has 0 aliphatic heterocycles. The van der Waals surface area contributed by atoms with Gasteiger partial charge in [0, 0.05) is 29.7 Å². The molecule has 1 aromatic carbocycles. The molecule has 142 valence electrons. The highest BCUT2D eigenvalue weighted by Gasteiger charge is 2.39. The highest BCUT2D eigenvalue weighted by Crippen LogP contribution is 2.35. The van der Waals surface area contributed by atoms with E-state index in [-0.39, 0.29) is 30.5 Å². The largest absolute Gasteiger partial charge is 0.481 e. The van der Waals surface area contributed by atoms with Crippen LogP contribution >= 0.6 is 11.6 Å². The van der Waals surface area contributed by atoms with Gasteiger partial charge >= 0.3 is 5.97 Å². The first-order chi connectivity index (χ1) is 12.4. The van der Waals surface area contributed by atoms with Gasteiger partial charge in [-0.25, -0.2) is 0 Å². The fourth-order valence-electron chi connectivity index (χ4n) is 3.63. The number of Topliss-reactive ketones (excluding diaryl/α,β-unsaturated/α-hetero) is 1. The third-order valence-electron chi connectivity index (χ3n) is 5.12. The molecule has 0 saturated heterocycles. The molecule has 1 aliphatic rings. The van der Waals surface area contributed by atoms with Crippen molar-refractivity contribution in [3.8, 4) is 0 Å². The molecule has 0 heterocycles. The summed E-state index contributed by atoms with van der Waals surface area (Å²) >= 11 is 5.98. The zero-order valence-electron chi connectivity index (χ0n) is 15.2. The Morgan fingerprint density at radius 3 is 2.69 bits per heavy atom. The number of aliphatic hydroxyl groups is 1. The van der Waals surface area contributed by atoms with E-state index in [1.54, 1.807) is 0 Å². The van der Waals surface area contributed by atoms with Crippen molar-refractivity contribution >= 4 is 29.4 Å². The molecular weight excluding hydrogens is 352 g/mol. The molecule has 5 heteroatoms. The number of unbranched alkanes of at least 4 members (excludes halogenated alkanes) is 3. The Morgan fingerprint density at radius 2 is 2.00 bits per heavy atom. The lowest BCUT2D eigenvalue weighted by atomic mass is 9.88. The number of benzene rings is 1. The fraction of sp³-hybridized carbons (Fsp3) is 0.524. The average molecular weight is 379 g/mol. The monoisotopic (exact) mass is 378 g/mol. The lowest BCUT2D eigenvalue weighted by Gasteiger charge is -2.17. The lowest BCUT2D eigenvalue weighted by Crippen LogP contribution is -2.18. The summed E-state index contributed by atoms with van der Waals surface area (Å²) in [4.78, 5) is 22.7. The summed E-state index contributed by atoms with van der Waals surface area (Å²) < 4.78 is 0. The molecule has 1 aromatic rings. The van der Waals surface area contributed by atoms with Crippen LogP contribution in [-0.2, 0) is 9.59 Å². The minimum atomic E-state index is -0.762. The summed E-state index contributed by atoms with van der Waals surface area (Å²) in [7, 11) is 0. The van der Waals surface area contributed by atoms with E-state index in [4.69, 9.17) is 16.7 Å². The van der Waals surface area contributed by atoms with Crippen LogP contribution in [0.3, 0.4) is 0 Å². The second-order valence-electron chi connectivity index (χ2n) is 7.13. The molecule has 1 aliphatic carbocycles. The van der Waals surface area contributed by atoms with E-state index in [0.29, 0.717) is 11.4 Å². The number of carbonyl (C=O) groups is 2. The number of hydrogen-bond donors (Lipinski definition) is 2. The van der Waals surface area contributed by atoms with Gasteiger partial charge in [-0.15, -0.1) is 0 Å². The van der Waals surface area contributed by atoms with Crippen molar-refractivity contribution in [3.63, 3.8) is 0 Å². The number of carboxylic acid groups (broad SMARTS) is 1. The molecule has 26 heavy (non-hydrogen) atoms. The highest BCUT2D eigenvalue weighted by molar-refractivity contribution is 6.30. The molecule has 0 radical (unpaired) electrons. The first-order valence-electron chi connectivity index (χ1n) is 9.25. The summed E-state index contributed by atoms with van der Waals surface area (Å²) in [6.45, 7) is 1.98. The third kappa shape index (κ3) is 5.96. The minimum Gasteiger partial charge on any atom is -0.481 e. The Hall–Kier alpha value is -1.65. The van der Waals surface area contributed by atoms with E-state index in [1.807, 2.05) is 37.3 Å². The van der Waals surface area contributed by atoms with Crippen LogP contribution in [0.15, 0.2) is 24.3 Å². The Balaban J connectivity index is 1.91. The Labute approximate surface area is 159 Å². The standard InChI is InChI=1S/C21H27ClO4/c1-14-12-16(22)10-8-15(14)9-11-18-17(19(23)13-20(18)24)6-4-2-3-5-7-21(25)26/h8-12,17-18,20,24H,2-7,13H2,1H3,(H,25,26). The molecule has 0 bridgehead atoms.